The van der Waals surface area contributed by atoms with Crippen molar-refractivity contribution in [1.29, 1.82) is 0 Å². The van der Waals surface area contributed by atoms with Crippen molar-refractivity contribution in [2.75, 3.05) is 13.1 Å². The Kier molecular flexibility index (Phi) is 5.14. The summed E-state index contributed by atoms with van der Waals surface area (Å²) in [5.41, 5.74) is 5.87. The van der Waals surface area contributed by atoms with Gasteiger partial charge in [0.05, 0.1) is 6.54 Å². The first-order valence-corrected chi connectivity index (χ1v) is 7.84. The predicted octanol–water partition coefficient (Wildman–Crippen LogP) is 3.02. The lowest BCUT2D eigenvalue weighted by Crippen LogP contribution is -2.33. The van der Waals surface area contributed by atoms with Crippen LogP contribution < -0.4 is 11.1 Å². The Morgan fingerprint density at radius 3 is 2.74 bits per heavy atom. The summed E-state index contributed by atoms with van der Waals surface area (Å²) in [5, 5.41) is 3.17. The number of unbranched alkanes of at least 4 members (excludes halogenated alkanes) is 1. The van der Waals surface area contributed by atoms with Crippen LogP contribution in [0, 0.1) is 0 Å². The van der Waals surface area contributed by atoms with Crippen molar-refractivity contribution in [1.82, 2.24) is 5.32 Å². The van der Waals surface area contributed by atoms with Gasteiger partial charge in [0, 0.05) is 16.2 Å². The molecule has 0 aromatic heterocycles. The first-order chi connectivity index (χ1) is 9.24. The summed E-state index contributed by atoms with van der Waals surface area (Å²) in [6.45, 7) is 3.91. The van der Waals surface area contributed by atoms with E-state index in [-0.39, 0.29) is 0 Å². The van der Waals surface area contributed by atoms with Gasteiger partial charge in [-0.15, -0.1) is 11.8 Å². The Morgan fingerprint density at radius 1 is 1.37 bits per heavy atom. The first kappa shape index (κ1) is 14.3. The van der Waals surface area contributed by atoms with Crippen LogP contribution in [0.3, 0.4) is 0 Å². The molecule has 0 atom stereocenters. The molecule has 3 N–H and O–H groups in total. The summed E-state index contributed by atoms with van der Waals surface area (Å²) in [7, 11) is 0. The van der Waals surface area contributed by atoms with Gasteiger partial charge in [-0.05, 0) is 31.4 Å². The van der Waals surface area contributed by atoms with E-state index in [4.69, 9.17) is 5.73 Å². The fourth-order valence-electron chi connectivity index (χ4n) is 1.85. The Morgan fingerprint density at radius 2 is 2.11 bits per heavy atom. The average Bonchev–Trinajstić information content (AvgIpc) is 3.18. The van der Waals surface area contributed by atoms with E-state index in [9.17, 15) is 0 Å². The van der Waals surface area contributed by atoms with Crippen LogP contribution in [0.1, 0.15) is 32.6 Å². The zero-order valence-electron chi connectivity index (χ0n) is 11.6. The molecule has 1 aliphatic carbocycles. The highest BCUT2D eigenvalue weighted by atomic mass is 32.2. The molecule has 0 unspecified atom stereocenters. The Labute approximate surface area is 120 Å². The minimum absolute atomic E-state index is 0.290. The van der Waals surface area contributed by atoms with Crippen molar-refractivity contribution in [3.63, 3.8) is 0 Å². The van der Waals surface area contributed by atoms with Gasteiger partial charge in [0.2, 0.25) is 0 Å². The van der Waals surface area contributed by atoms with E-state index < -0.39 is 0 Å². The van der Waals surface area contributed by atoms with Crippen molar-refractivity contribution < 1.29 is 0 Å². The molecule has 0 saturated heterocycles. The lowest BCUT2D eigenvalue weighted by Gasteiger charge is -2.13. The average molecular weight is 277 g/mol. The molecular formula is C15H23N3S. The molecule has 1 saturated carbocycles. The fourth-order valence-corrected chi connectivity index (χ4v) is 3.08. The number of hydrogen-bond acceptors (Lipinski definition) is 2. The number of nitrogens with zero attached hydrogens (tertiary/aromatic N) is 1. The van der Waals surface area contributed by atoms with Crippen LogP contribution in [-0.4, -0.2) is 23.8 Å². The van der Waals surface area contributed by atoms with Crippen LogP contribution in [0.25, 0.3) is 0 Å². The standard InChI is InChI=1S/C15H23N3S/c1-2-3-11-17-14(16)18-12-15(9-10-15)19-13-7-5-4-6-8-13/h4-8H,2-3,9-12H2,1H3,(H3,16,17,18). The third kappa shape index (κ3) is 4.78. The number of hydrogen-bond donors (Lipinski definition) is 2. The van der Waals surface area contributed by atoms with E-state index in [1.165, 1.54) is 24.2 Å². The largest absolute Gasteiger partial charge is 0.370 e. The molecule has 2 rings (SSSR count). The van der Waals surface area contributed by atoms with Crippen molar-refractivity contribution in [2.45, 2.75) is 42.2 Å². The zero-order valence-corrected chi connectivity index (χ0v) is 12.4. The van der Waals surface area contributed by atoms with Gasteiger partial charge in [-0.3, -0.25) is 4.99 Å². The number of guanidine groups is 1. The monoisotopic (exact) mass is 277 g/mol. The van der Waals surface area contributed by atoms with Crippen LogP contribution in [0.15, 0.2) is 40.2 Å². The van der Waals surface area contributed by atoms with Gasteiger partial charge in [0.15, 0.2) is 5.96 Å². The molecule has 0 aliphatic heterocycles. The highest BCUT2D eigenvalue weighted by Crippen LogP contribution is 2.51. The summed E-state index contributed by atoms with van der Waals surface area (Å²) in [5.74, 6) is 0.591. The first-order valence-electron chi connectivity index (χ1n) is 7.02. The molecule has 0 spiro atoms. The van der Waals surface area contributed by atoms with Gasteiger partial charge in [0.25, 0.3) is 0 Å². The molecule has 3 nitrogen and oxygen atoms in total. The molecule has 1 aliphatic rings. The lowest BCUT2D eigenvalue weighted by molar-refractivity contribution is 0.746. The molecule has 0 radical (unpaired) electrons. The zero-order chi connectivity index (χ0) is 13.6. The summed E-state index contributed by atoms with van der Waals surface area (Å²) in [6.07, 6.45) is 4.78. The molecule has 19 heavy (non-hydrogen) atoms. The van der Waals surface area contributed by atoms with Gasteiger partial charge in [-0.25, -0.2) is 0 Å². The third-order valence-corrected chi connectivity index (χ3v) is 4.74. The number of benzene rings is 1. The number of nitrogens with two attached hydrogens (primary N) is 1. The number of aliphatic imine (C=N–C) groups is 1. The summed E-state index contributed by atoms with van der Waals surface area (Å²) in [4.78, 5) is 5.82. The third-order valence-electron chi connectivity index (χ3n) is 3.26. The minimum atomic E-state index is 0.290. The lowest BCUT2D eigenvalue weighted by atomic mass is 10.3. The fraction of sp³-hybridized carbons (Fsp3) is 0.533. The minimum Gasteiger partial charge on any atom is -0.370 e. The summed E-state index contributed by atoms with van der Waals surface area (Å²) < 4.78 is 0.290. The quantitative estimate of drug-likeness (QED) is 0.457. The number of nitrogens with one attached hydrogen (secondary N) is 1. The molecule has 104 valence electrons. The molecule has 1 aromatic carbocycles. The highest BCUT2D eigenvalue weighted by molar-refractivity contribution is 8.01. The summed E-state index contributed by atoms with van der Waals surface area (Å²) >= 11 is 1.94. The van der Waals surface area contributed by atoms with Crippen LogP contribution in [-0.2, 0) is 0 Å². The normalized spacial score (nSPS) is 17.2. The van der Waals surface area contributed by atoms with E-state index in [0.29, 0.717) is 10.7 Å². The van der Waals surface area contributed by atoms with Gasteiger partial charge >= 0.3 is 0 Å². The molecule has 1 fully saturated rings. The second kappa shape index (κ2) is 6.85. The summed E-state index contributed by atoms with van der Waals surface area (Å²) in [6, 6.07) is 10.6. The molecule has 0 amide bonds. The van der Waals surface area contributed by atoms with Gasteiger partial charge in [0.1, 0.15) is 0 Å². The van der Waals surface area contributed by atoms with Crippen molar-refractivity contribution in [3.05, 3.63) is 30.3 Å². The predicted molar refractivity (Wildman–Crippen MR) is 83.7 cm³/mol. The van der Waals surface area contributed by atoms with Crippen molar-refractivity contribution >= 4 is 17.7 Å². The second-order valence-corrected chi connectivity index (χ2v) is 6.62. The molecule has 0 bridgehead atoms. The van der Waals surface area contributed by atoms with Crippen molar-refractivity contribution in [2.24, 2.45) is 10.7 Å². The van der Waals surface area contributed by atoms with Crippen molar-refractivity contribution in [3.8, 4) is 0 Å². The van der Waals surface area contributed by atoms with E-state index in [1.807, 2.05) is 11.8 Å². The second-order valence-electron chi connectivity index (χ2n) is 5.08. The van der Waals surface area contributed by atoms with E-state index >= 15 is 0 Å². The van der Waals surface area contributed by atoms with Crippen LogP contribution >= 0.6 is 11.8 Å². The van der Waals surface area contributed by atoms with Crippen LogP contribution in [0.4, 0.5) is 0 Å². The van der Waals surface area contributed by atoms with Gasteiger partial charge < -0.3 is 11.1 Å². The Balaban J connectivity index is 1.80. The van der Waals surface area contributed by atoms with E-state index in [0.717, 1.165) is 19.5 Å². The van der Waals surface area contributed by atoms with Crippen LogP contribution in [0.5, 0.6) is 0 Å². The maximum absolute atomic E-state index is 5.87. The maximum atomic E-state index is 5.87. The van der Waals surface area contributed by atoms with E-state index in [2.05, 4.69) is 47.6 Å². The highest BCUT2D eigenvalue weighted by Gasteiger charge is 2.43. The SMILES string of the molecule is CCCCNC(N)=NCC1(Sc2ccccc2)CC1. The topological polar surface area (TPSA) is 50.4 Å². The molecular weight excluding hydrogens is 254 g/mol. The van der Waals surface area contributed by atoms with E-state index in [1.54, 1.807) is 0 Å². The van der Waals surface area contributed by atoms with Crippen LogP contribution in [0.2, 0.25) is 0 Å². The molecule has 0 heterocycles. The number of thioether (sulfide) groups is 1. The molecule has 1 aromatic rings. The smallest absolute Gasteiger partial charge is 0.188 e. The Hall–Kier alpha value is -1.16. The Bertz CT molecular complexity index is 413. The van der Waals surface area contributed by atoms with Gasteiger partial charge in [-0.2, -0.15) is 0 Å². The molecule has 4 heteroatoms. The maximum Gasteiger partial charge on any atom is 0.188 e. The number of rotatable bonds is 7. The van der Waals surface area contributed by atoms with Gasteiger partial charge in [-0.1, -0.05) is 31.5 Å².